The molecule has 3 atom stereocenters. The van der Waals surface area contributed by atoms with Gasteiger partial charge in [-0.25, -0.2) is 0 Å². The van der Waals surface area contributed by atoms with Crippen molar-refractivity contribution in [2.45, 2.75) is 12.8 Å². The van der Waals surface area contributed by atoms with E-state index < -0.39 is 0 Å². The summed E-state index contributed by atoms with van der Waals surface area (Å²) in [6.45, 7) is 3.51. The van der Waals surface area contributed by atoms with Crippen LogP contribution in [0.4, 0.5) is 0 Å². The molecule has 1 saturated carbocycles. The minimum Gasteiger partial charge on any atom is -0.359 e. The molecule has 82 valence electrons. The Morgan fingerprint density at radius 1 is 1.20 bits per heavy atom. The van der Waals surface area contributed by atoms with Crippen molar-refractivity contribution < 1.29 is 9.47 Å². The van der Waals surface area contributed by atoms with E-state index in [0.717, 1.165) is 12.5 Å². The van der Waals surface area contributed by atoms with Crippen molar-refractivity contribution in [1.29, 1.82) is 0 Å². The molecule has 2 heteroatoms. The minimum absolute atomic E-state index is 0.407. The van der Waals surface area contributed by atoms with Crippen LogP contribution in [0.5, 0.6) is 0 Å². The number of ether oxygens (including phenoxy) is 2. The summed E-state index contributed by atoms with van der Waals surface area (Å²) in [5.74, 6) is 2.09. The lowest BCUT2D eigenvalue weighted by molar-refractivity contribution is -0.0357. The molecule has 2 nitrogen and oxygen atoms in total. The summed E-state index contributed by atoms with van der Waals surface area (Å²) in [4.78, 5) is 0. The molecular formula is C13H18O2. The molecule has 0 amide bonds. The van der Waals surface area contributed by atoms with Crippen molar-refractivity contribution in [2.24, 2.45) is 11.8 Å². The summed E-state index contributed by atoms with van der Waals surface area (Å²) in [5, 5.41) is 0. The molecule has 0 bridgehead atoms. The summed E-state index contributed by atoms with van der Waals surface area (Å²) in [7, 11) is 1.66. The number of methoxy groups -OCH3 is 1. The summed E-state index contributed by atoms with van der Waals surface area (Å²) in [6, 6.07) is 10.7. The van der Waals surface area contributed by atoms with Crippen LogP contribution in [0.2, 0.25) is 0 Å². The summed E-state index contributed by atoms with van der Waals surface area (Å²) in [5.41, 5.74) is 1.44. The van der Waals surface area contributed by atoms with E-state index in [-0.39, 0.29) is 0 Å². The zero-order valence-electron chi connectivity index (χ0n) is 9.35. The maximum absolute atomic E-state index is 5.41. The van der Waals surface area contributed by atoms with E-state index in [4.69, 9.17) is 9.47 Å². The zero-order valence-corrected chi connectivity index (χ0v) is 9.35. The lowest BCUT2D eigenvalue weighted by Gasteiger charge is -2.01. The van der Waals surface area contributed by atoms with Crippen molar-refractivity contribution >= 4 is 0 Å². The smallest absolute Gasteiger partial charge is 0.146 e. The van der Waals surface area contributed by atoms with Gasteiger partial charge in [0, 0.05) is 7.11 Å². The van der Waals surface area contributed by atoms with Crippen molar-refractivity contribution in [3.05, 3.63) is 35.9 Å². The molecule has 15 heavy (non-hydrogen) atoms. The van der Waals surface area contributed by atoms with Gasteiger partial charge in [0.25, 0.3) is 0 Å². The fourth-order valence-electron chi connectivity index (χ4n) is 2.29. The molecule has 1 fully saturated rings. The van der Waals surface area contributed by atoms with Crippen LogP contribution >= 0.6 is 0 Å². The average molecular weight is 206 g/mol. The Morgan fingerprint density at radius 3 is 2.60 bits per heavy atom. The van der Waals surface area contributed by atoms with E-state index >= 15 is 0 Å². The van der Waals surface area contributed by atoms with E-state index in [2.05, 4.69) is 37.3 Å². The predicted molar refractivity (Wildman–Crippen MR) is 59.7 cm³/mol. The molecule has 0 aromatic heterocycles. The van der Waals surface area contributed by atoms with Crippen LogP contribution < -0.4 is 0 Å². The van der Waals surface area contributed by atoms with Gasteiger partial charge in [-0.15, -0.1) is 0 Å². The van der Waals surface area contributed by atoms with Crippen LogP contribution in [0.15, 0.2) is 30.3 Å². The second-order valence-corrected chi connectivity index (χ2v) is 4.24. The second-order valence-electron chi connectivity index (χ2n) is 4.24. The Kier molecular flexibility index (Phi) is 3.39. The molecule has 0 unspecified atom stereocenters. The van der Waals surface area contributed by atoms with Crippen LogP contribution in [0.25, 0.3) is 0 Å². The minimum atomic E-state index is 0.407. The highest BCUT2D eigenvalue weighted by Gasteiger charge is 2.47. The number of rotatable bonds is 5. The Hall–Kier alpha value is -0.860. The molecule has 0 aliphatic heterocycles. The molecule has 1 aliphatic carbocycles. The highest BCUT2D eigenvalue weighted by Crippen LogP contribution is 2.53. The van der Waals surface area contributed by atoms with Crippen LogP contribution in [0.3, 0.4) is 0 Å². The molecule has 1 aromatic carbocycles. The SMILES string of the molecule is COCOC[C@H]1[C@@H](C)[C@@H]1c1ccccc1. The van der Waals surface area contributed by atoms with Gasteiger partial charge in [-0.3, -0.25) is 0 Å². The third-order valence-electron chi connectivity index (χ3n) is 3.26. The lowest BCUT2D eigenvalue weighted by Crippen LogP contribution is -2.01. The Labute approximate surface area is 91.2 Å². The van der Waals surface area contributed by atoms with E-state index in [1.54, 1.807) is 7.11 Å². The molecule has 2 rings (SSSR count). The van der Waals surface area contributed by atoms with Crippen molar-refractivity contribution in [1.82, 2.24) is 0 Å². The number of benzene rings is 1. The van der Waals surface area contributed by atoms with Crippen molar-refractivity contribution in [2.75, 3.05) is 20.5 Å². The summed E-state index contributed by atoms with van der Waals surface area (Å²) < 4.78 is 10.3. The first-order chi connectivity index (χ1) is 7.34. The number of hydrogen-bond acceptors (Lipinski definition) is 2. The Morgan fingerprint density at radius 2 is 1.93 bits per heavy atom. The molecule has 0 spiro atoms. The summed E-state index contributed by atoms with van der Waals surface area (Å²) in [6.07, 6.45) is 0. The molecule has 0 heterocycles. The average Bonchev–Trinajstić information content (AvgIpc) is 2.91. The fourth-order valence-corrected chi connectivity index (χ4v) is 2.29. The molecule has 1 aromatic rings. The Bertz CT molecular complexity index is 297. The third kappa shape index (κ3) is 2.39. The maximum Gasteiger partial charge on any atom is 0.146 e. The molecule has 0 N–H and O–H groups in total. The van der Waals surface area contributed by atoms with Crippen molar-refractivity contribution in [3.63, 3.8) is 0 Å². The first kappa shape index (κ1) is 10.7. The standard InChI is InChI=1S/C13H18O2/c1-10-12(8-15-9-14-2)13(10)11-6-4-3-5-7-11/h3-7,10,12-13H,8-9H2,1-2H3/t10-,12+,13-/m1/s1. The zero-order chi connectivity index (χ0) is 10.7. The van der Waals surface area contributed by atoms with Gasteiger partial charge in [0.05, 0.1) is 6.61 Å². The molecular weight excluding hydrogens is 188 g/mol. The van der Waals surface area contributed by atoms with Gasteiger partial charge < -0.3 is 9.47 Å². The van der Waals surface area contributed by atoms with Gasteiger partial charge in [0.2, 0.25) is 0 Å². The van der Waals surface area contributed by atoms with Gasteiger partial charge in [0.15, 0.2) is 0 Å². The summed E-state index contributed by atoms with van der Waals surface area (Å²) >= 11 is 0. The van der Waals surface area contributed by atoms with Gasteiger partial charge in [-0.2, -0.15) is 0 Å². The lowest BCUT2D eigenvalue weighted by atomic mass is 10.1. The molecule has 0 saturated heterocycles. The first-order valence-electron chi connectivity index (χ1n) is 5.46. The van der Waals surface area contributed by atoms with E-state index in [0.29, 0.717) is 18.6 Å². The Balaban J connectivity index is 1.86. The quantitative estimate of drug-likeness (QED) is 0.544. The third-order valence-corrected chi connectivity index (χ3v) is 3.26. The van der Waals surface area contributed by atoms with E-state index in [1.807, 2.05) is 0 Å². The fraction of sp³-hybridized carbons (Fsp3) is 0.538. The highest BCUT2D eigenvalue weighted by atomic mass is 16.7. The molecule has 0 radical (unpaired) electrons. The van der Waals surface area contributed by atoms with E-state index in [1.165, 1.54) is 5.56 Å². The van der Waals surface area contributed by atoms with Gasteiger partial charge in [-0.05, 0) is 23.3 Å². The number of hydrogen-bond donors (Lipinski definition) is 0. The van der Waals surface area contributed by atoms with Crippen molar-refractivity contribution in [3.8, 4) is 0 Å². The largest absolute Gasteiger partial charge is 0.359 e. The van der Waals surface area contributed by atoms with Crippen LogP contribution in [0, 0.1) is 11.8 Å². The second kappa shape index (κ2) is 4.77. The van der Waals surface area contributed by atoms with Gasteiger partial charge in [-0.1, -0.05) is 37.3 Å². The topological polar surface area (TPSA) is 18.5 Å². The van der Waals surface area contributed by atoms with Gasteiger partial charge >= 0.3 is 0 Å². The molecule has 1 aliphatic rings. The normalized spacial score (nSPS) is 29.1. The van der Waals surface area contributed by atoms with Crippen LogP contribution in [-0.4, -0.2) is 20.5 Å². The maximum atomic E-state index is 5.41. The first-order valence-corrected chi connectivity index (χ1v) is 5.46. The highest BCUT2D eigenvalue weighted by molar-refractivity contribution is 5.27. The van der Waals surface area contributed by atoms with Crippen LogP contribution in [-0.2, 0) is 9.47 Å². The predicted octanol–water partition coefficient (Wildman–Crippen LogP) is 2.66. The van der Waals surface area contributed by atoms with E-state index in [9.17, 15) is 0 Å². The monoisotopic (exact) mass is 206 g/mol. The van der Waals surface area contributed by atoms with Crippen LogP contribution in [0.1, 0.15) is 18.4 Å². The van der Waals surface area contributed by atoms with Gasteiger partial charge in [0.1, 0.15) is 6.79 Å².